The lowest BCUT2D eigenvalue weighted by atomic mass is 10.1. The van der Waals surface area contributed by atoms with Crippen LogP contribution in [0, 0.1) is 0 Å². The van der Waals surface area contributed by atoms with Gasteiger partial charge in [-0.2, -0.15) is 0 Å². The number of hydrogen-bond acceptors (Lipinski definition) is 7. The SMILES string of the molecule is COc1ccc(CCCc2c[nH]c(C(=O)N3CCC[C@@H]3C(=O)N[C@H]3CC(=O)O[C@@H]3OCc3ccccc3)n2)cc1. The first-order valence-electron chi connectivity index (χ1n) is 13.6. The van der Waals surface area contributed by atoms with Gasteiger partial charge >= 0.3 is 5.97 Å². The zero-order chi connectivity index (χ0) is 27.9. The Bertz CT molecular complexity index is 1310. The van der Waals surface area contributed by atoms with E-state index < -0.39 is 24.3 Å². The molecule has 2 fully saturated rings. The minimum absolute atomic E-state index is 0.0178. The Labute approximate surface area is 233 Å². The third-order valence-corrected chi connectivity index (χ3v) is 7.25. The van der Waals surface area contributed by atoms with E-state index in [-0.39, 0.29) is 30.7 Å². The van der Waals surface area contributed by atoms with E-state index in [0.29, 0.717) is 19.4 Å². The van der Waals surface area contributed by atoms with Gasteiger partial charge in [0.15, 0.2) is 5.82 Å². The van der Waals surface area contributed by atoms with Crippen LogP contribution in [0.2, 0.25) is 0 Å². The van der Waals surface area contributed by atoms with Crippen LogP contribution < -0.4 is 10.1 Å². The summed E-state index contributed by atoms with van der Waals surface area (Å²) < 4.78 is 16.3. The van der Waals surface area contributed by atoms with E-state index in [4.69, 9.17) is 14.2 Å². The molecule has 0 aliphatic carbocycles. The monoisotopic (exact) mass is 546 g/mol. The number of hydrogen-bond donors (Lipinski definition) is 2. The van der Waals surface area contributed by atoms with E-state index in [2.05, 4.69) is 15.3 Å². The maximum absolute atomic E-state index is 13.3. The zero-order valence-electron chi connectivity index (χ0n) is 22.5. The number of cyclic esters (lactones) is 1. The molecular weight excluding hydrogens is 512 g/mol. The quantitative estimate of drug-likeness (QED) is 0.354. The fraction of sp³-hybridized carbons (Fsp3) is 0.400. The minimum Gasteiger partial charge on any atom is -0.497 e. The lowest BCUT2D eigenvalue weighted by Crippen LogP contribution is -2.51. The Morgan fingerprint density at radius 3 is 2.67 bits per heavy atom. The van der Waals surface area contributed by atoms with Crippen LogP contribution in [-0.2, 0) is 38.5 Å². The number of benzene rings is 2. The average Bonchev–Trinajstić information content (AvgIpc) is 3.73. The number of imidazole rings is 1. The molecule has 3 aromatic rings. The van der Waals surface area contributed by atoms with E-state index in [1.807, 2.05) is 54.6 Å². The molecule has 3 heterocycles. The third-order valence-electron chi connectivity index (χ3n) is 7.25. The van der Waals surface area contributed by atoms with E-state index in [1.165, 1.54) is 5.56 Å². The molecule has 2 N–H and O–H groups in total. The van der Waals surface area contributed by atoms with Crippen molar-refractivity contribution in [2.45, 2.75) is 63.5 Å². The highest BCUT2D eigenvalue weighted by Crippen LogP contribution is 2.23. The summed E-state index contributed by atoms with van der Waals surface area (Å²) >= 11 is 0. The van der Waals surface area contributed by atoms with Crippen molar-refractivity contribution in [2.24, 2.45) is 0 Å². The number of carbonyl (C=O) groups excluding carboxylic acids is 3. The van der Waals surface area contributed by atoms with Crippen LogP contribution in [0.15, 0.2) is 60.8 Å². The van der Waals surface area contributed by atoms with Gasteiger partial charge in [-0.1, -0.05) is 42.5 Å². The highest BCUT2D eigenvalue weighted by molar-refractivity contribution is 5.95. The fourth-order valence-corrected chi connectivity index (χ4v) is 5.12. The van der Waals surface area contributed by atoms with Gasteiger partial charge in [-0.3, -0.25) is 14.4 Å². The van der Waals surface area contributed by atoms with Gasteiger partial charge in [-0.05, 0) is 55.4 Å². The van der Waals surface area contributed by atoms with Crippen LogP contribution in [0.1, 0.15) is 53.1 Å². The number of nitrogens with one attached hydrogen (secondary N) is 2. The summed E-state index contributed by atoms with van der Waals surface area (Å²) in [5.41, 5.74) is 2.94. The standard InChI is InChI=1S/C30H34N4O6/c1-38-23-14-12-20(13-15-23)9-5-10-22-18-31-27(32-22)29(37)34-16-6-11-25(34)28(36)33-24-17-26(35)40-30(24)39-19-21-7-3-2-4-8-21/h2-4,7-8,12-15,18,24-25,30H,5-6,9-11,16-17,19H2,1H3,(H,31,32)(H,33,36)/t24-,25+,30-/m0/s1. The van der Waals surface area contributed by atoms with Crippen molar-refractivity contribution < 1.29 is 28.6 Å². The summed E-state index contributed by atoms with van der Waals surface area (Å²) in [7, 11) is 1.65. The number of amides is 2. The van der Waals surface area contributed by atoms with Crippen LogP contribution in [0.4, 0.5) is 0 Å². The normalized spacial score (nSPS) is 20.4. The molecule has 10 heteroatoms. The molecule has 0 unspecified atom stereocenters. The number of nitrogens with zero attached hydrogens (tertiary/aromatic N) is 2. The molecular formula is C30H34N4O6. The van der Waals surface area contributed by atoms with Crippen molar-refractivity contribution in [2.75, 3.05) is 13.7 Å². The molecule has 0 spiro atoms. The number of rotatable bonds is 11. The smallest absolute Gasteiger partial charge is 0.310 e. The molecule has 40 heavy (non-hydrogen) atoms. The van der Waals surface area contributed by atoms with Crippen LogP contribution in [-0.4, -0.2) is 64.7 Å². The van der Waals surface area contributed by atoms with E-state index in [9.17, 15) is 14.4 Å². The van der Waals surface area contributed by atoms with Crippen molar-refractivity contribution in [1.82, 2.24) is 20.2 Å². The van der Waals surface area contributed by atoms with Gasteiger partial charge < -0.3 is 29.4 Å². The fourth-order valence-electron chi connectivity index (χ4n) is 5.12. The first kappa shape index (κ1) is 27.4. The molecule has 5 rings (SSSR count). The summed E-state index contributed by atoms with van der Waals surface area (Å²) in [5.74, 6) is -0.0155. The first-order chi connectivity index (χ1) is 19.5. The molecule has 2 amide bonds. The Kier molecular flexibility index (Phi) is 8.75. The Morgan fingerprint density at radius 1 is 1.10 bits per heavy atom. The number of aromatic nitrogens is 2. The van der Waals surface area contributed by atoms with Gasteiger partial charge in [0.25, 0.3) is 5.91 Å². The Balaban J connectivity index is 1.14. The highest BCUT2D eigenvalue weighted by atomic mass is 16.7. The molecule has 2 aromatic carbocycles. The van der Waals surface area contributed by atoms with Gasteiger partial charge in [0.05, 0.1) is 25.8 Å². The van der Waals surface area contributed by atoms with E-state index >= 15 is 0 Å². The second kappa shape index (κ2) is 12.8. The number of methoxy groups -OCH3 is 1. The highest BCUT2D eigenvalue weighted by Gasteiger charge is 2.41. The van der Waals surface area contributed by atoms with Gasteiger partial charge in [0.1, 0.15) is 17.8 Å². The number of aryl methyl sites for hydroxylation is 2. The molecule has 210 valence electrons. The lowest BCUT2D eigenvalue weighted by molar-refractivity contribution is -0.168. The Hall–Kier alpha value is -4.18. The van der Waals surface area contributed by atoms with Crippen molar-refractivity contribution in [3.8, 4) is 5.75 Å². The third kappa shape index (κ3) is 6.69. The second-order valence-electron chi connectivity index (χ2n) is 10.1. The molecule has 1 aromatic heterocycles. The van der Waals surface area contributed by atoms with Crippen molar-refractivity contribution in [3.05, 3.63) is 83.4 Å². The zero-order valence-corrected chi connectivity index (χ0v) is 22.5. The predicted molar refractivity (Wildman–Crippen MR) is 145 cm³/mol. The number of esters is 1. The maximum atomic E-state index is 13.3. The minimum atomic E-state index is -0.882. The van der Waals surface area contributed by atoms with Crippen LogP contribution >= 0.6 is 0 Å². The predicted octanol–water partition coefficient (Wildman–Crippen LogP) is 3.17. The van der Waals surface area contributed by atoms with Crippen LogP contribution in [0.3, 0.4) is 0 Å². The van der Waals surface area contributed by atoms with Gasteiger partial charge in [-0.15, -0.1) is 0 Å². The van der Waals surface area contributed by atoms with Crippen molar-refractivity contribution >= 4 is 17.8 Å². The molecule has 0 bridgehead atoms. The van der Waals surface area contributed by atoms with Gasteiger partial charge in [0.2, 0.25) is 12.2 Å². The number of likely N-dealkylation sites (tertiary alicyclic amines) is 1. The van der Waals surface area contributed by atoms with E-state index in [1.54, 1.807) is 18.2 Å². The summed E-state index contributed by atoms with van der Waals surface area (Å²) in [6.07, 6.45) is 4.62. The topological polar surface area (TPSA) is 123 Å². The van der Waals surface area contributed by atoms with Crippen molar-refractivity contribution in [3.63, 3.8) is 0 Å². The van der Waals surface area contributed by atoms with E-state index in [0.717, 1.165) is 36.3 Å². The summed E-state index contributed by atoms with van der Waals surface area (Å²) in [6.45, 7) is 0.707. The molecule has 2 aliphatic rings. The number of carbonyl (C=O) groups is 3. The molecule has 10 nitrogen and oxygen atoms in total. The second-order valence-corrected chi connectivity index (χ2v) is 10.1. The summed E-state index contributed by atoms with van der Waals surface area (Å²) in [6, 6.07) is 16.2. The molecule has 0 radical (unpaired) electrons. The van der Waals surface area contributed by atoms with Gasteiger partial charge in [0, 0.05) is 12.7 Å². The van der Waals surface area contributed by atoms with Crippen molar-refractivity contribution in [1.29, 1.82) is 0 Å². The summed E-state index contributed by atoms with van der Waals surface area (Å²) in [5, 5.41) is 2.89. The molecule has 2 saturated heterocycles. The summed E-state index contributed by atoms with van der Waals surface area (Å²) in [4.78, 5) is 47.5. The van der Waals surface area contributed by atoms with Gasteiger partial charge in [-0.25, -0.2) is 4.98 Å². The maximum Gasteiger partial charge on any atom is 0.310 e. The lowest BCUT2D eigenvalue weighted by Gasteiger charge is -2.26. The number of aromatic amines is 1. The molecule has 2 aliphatic heterocycles. The average molecular weight is 547 g/mol. The van der Waals surface area contributed by atoms with Crippen LogP contribution in [0.5, 0.6) is 5.75 Å². The first-order valence-corrected chi connectivity index (χ1v) is 13.6. The largest absolute Gasteiger partial charge is 0.497 e. The number of H-pyrrole nitrogens is 1. The number of ether oxygens (including phenoxy) is 3. The molecule has 0 saturated carbocycles. The van der Waals surface area contributed by atoms with Crippen LogP contribution in [0.25, 0.3) is 0 Å². The Morgan fingerprint density at radius 2 is 1.90 bits per heavy atom. The molecule has 3 atom stereocenters.